The average Bonchev–Trinajstić information content (AvgIpc) is 2.90. The van der Waals surface area contributed by atoms with Crippen LogP contribution < -0.4 is 0 Å². The summed E-state index contributed by atoms with van der Waals surface area (Å²) in [7, 11) is 0. The number of carbonyl (C=O) groups is 1. The van der Waals surface area contributed by atoms with E-state index in [1.807, 2.05) is 6.92 Å². The molecule has 4 heteroatoms. The first-order chi connectivity index (χ1) is 9.49. The molecule has 1 saturated heterocycles. The largest absolute Gasteiger partial charge is 0.393 e. The molecule has 110 valence electrons. The molecule has 0 saturated carbocycles. The van der Waals surface area contributed by atoms with Crippen LogP contribution in [0.15, 0.2) is 24.3 Å². The van der Waals surface area contributed by atoms with Gasteiger partial charge in [0.25, 0.3) is 0 Å². The van der Waals surface area contributed by atoms with E-state index < -0.39 is 0 Å². The zero-order chi connectivity index (χ0) is 14.7. The molecule has 3 nitrogen and oxygen atoms in total. The fourth-order valence-corrected chi connectivity index (χ4v) is 2.77. The molecule has 1 aromatic rings. The topological polar surface area (TPSA) is 40.5 Å². The molecule has 20 heavy (non-hydrogen) atoms. The van der Waals surface area contributed by atoms with Gasteiger partial charge < -0.3 is 10.0 Å². The minimum atomic E-state index is -0.380. The van der Waals surface area contributed by atoms with Gasteiger partial charge in [-0.15, -0.1) is 0 Å². The van der Waals surface area contributed by atoms with Crippen LogP contribution in [-0.4, -0.2) is 35.1 Å². The highest BCUT2D eigenvalue weighted by molar-refractivity contribution is 5.79. The molecule has 0 radical (unpaired) electrons. The third kappa shape index (κ3) is 3.37. The quantitative estimate of drug-likeness (QED) is 0.918. The van der Waals surface area contributed by atoms with Gasteiger partial charge in [0.15, 0.2) is 0 Å². The van der Waals surface area contributed by atoms with Crippen molar-refractivity contribution < 1.29 is 14.3 Å². The number of carbonyl (C=O) groups excluding carboxylic acids is 1. The third-order valence-electron chi connectivity index (χ3n) is 4.12. The summed E-state index contributed by atoms with van der Waals surface area (Å²) in [5, 5.41) is 9.57. The third-order valence-corrected chi connectivity index (χ3v) is 4.12. The Morgan fingerprint density at radius 3 is 2.75 bits per heavy atom. The van der Waals surface area contributed by atoms with Gasteiger partial charge >= 0.3 is 0 Å². The lowest BCUT2D eigenvalue weighted by Gasteiger charge is -2.22. The van der Waals surface area contributed by atoms with E-state index in [1.54, 1.807) is 30.0 Å². The van der Waals surface area contributed by atoms with Crippen LogP contribution in [0.3, 0.4) is 0 Å². The van der Waals surface area contributed by atoms with Crippen molar-refractivity contribution in [3.63, 3.8) is 0 Å². The highest BCUT2D eigenvalue weighted by atomic mass is 19.1. The summed E-state index contributed by atoms with van der Waals surface area (Å²) in [5.41, 5.74) is 0.583. The van der Waals surface area contributed by atoms with E-state index in [0.717, 1.165) is 6.42 Å². The predicted molar refractivity (Wildman–Crippen MR) is 75.6 cm³/mol. The molecule has 1 aliphatic heterocycles. The van der Waals surface area contributed by atoms with Gasteiger partial charge in [0.2, 0.25) is 5.91 Å². The maximum absolute atomic E-state index is 13.6. The highest BCUT2D eigenvalue weighted by Crippen LogP contribution is 2.22. The number of likely N-dealkylation sites (tertiary alicyclic amines) is 1. The van der Waals surface area contributed by atoms with E-state index in [4.69, 9.17) is 0 Å². The van der Waals surface area contributed by atoms with Crippen LogP contribution in [0, 0.1) is 17.7 Å². The Hall–Kier alpha value is -1.42. The van der Waals surface area contributed by atoms with Gasteiger partial charge in [-0.3, -0.25) is 4.79 Å². The number of hydrogen-bond donors (Lipinski definition) is 1. The van der Waals surface area contributed by atoms with E-state index >= 15 is 0 Å². The van der Waals surface area contributed by atoms with E-state index in [2.05, 4.69) is 0 Å². The molecule has 1 N–H and O–H groups in total. The minimum absolute atomic E-state index is 0.0522. The number of aliphatic hydroxyl groups is 1. The van der Waals surface area contributed by atoms with Crippen molar-refractivity contribution in [1.29, 1.82) is 0 Å². The van der Waals surface area contributed by atoms with Crippen molar-refractivity contribution in [2.75, 3.05) is 13.1 Å². The lowest BCUT2D eigenvalue weighted by atomic mass is 9.99. The van der Waals surface area contributed by atoms with Gasteiger partial charge in [-0.2, -0.15) is 0 Å². The van der Waals surface area contributed by atoms with Crippen LogP contribution in [0.4, 0.5) is 4.39 Å². The van der Waals surface area contributed by atoms with Crippen LogP contribution >= 0.6 is 0 Å². The minimum Gasteiger partial charge on any atom is -0.393 e. The Labute approximate surface area is 119 Å². The predicted octanol–water partition coefficient (Wildman–Crippen LogP) is 2.23. The number of hydrogen-bond acceptors (Lipinski definition) is 2. The van der Waals surface area contributed by atoms with Crippen molar-refractivity contribution in [2.45, 2.75) is 32.8 Å². The second-order valence-corrected chi connectivity index (χ2v) is 5.77. The second-order valence-electron chi connectivity index (χ2n) is 5.77. The molecule has 1 amide bonds. The second kappa shape index (κ2) is 6.35. The number of rotatable bonds is 4. The molecule has 0 spiro atoms. The molecule has 1 aromatic carbocycles. The van der Waals surface area contributed by atoms with Gasteiger partial charge in [0.1, 0.15) is 5.82 Å². The molecule has 1 aliphatic rings. The standard InChI is InChI=1S/C16H22FNO2/c1-11(9-13-5-3-4-6-15(13)17)16(20)18-8-7-14(10-18)12(2)19/h3-6,11-12,14,19H,7-10H2,1-2H3. The van der Waals surface area contributed by atoms with E-state index in [0.29, 0.717) is 25.1 Å². The van der Waals surface area contributed by atoms with Crippen molar-refractivity contribution in [3.8, 4) is 0 Å². The number of nitrogens with zero attached hydrogens (tertiary/aromatic N) is 1. The van der Waals surface area contributed by atoms with Crippen LogP contribution in [0.5, 0.6) is 0 Å². The van der Waals surface area contributed by atoms with Gasteiger partial charge in [-0.05, 0) is 31.4 Å². The molecule has 1 heterocycles. The van der Waals surface area contributed by atoms with Gasteiger partial charge in [0.05, 0.1) is 6.10 Å². The SMILES string of the molecule is CC(Cc1ccccc1F)C(=O)N1CCC(C(C)O)C1. The van der Waals surface area contributed by atoms with Crippen LogP contribution in [-0.2, 0) is 11.2 Å². The Kier molecular flexibility index (Phi) is 4.76. The fourth-order valence-electron chi connectivity index (χ4n) is 2.77. The summed E-state index contributed by atoms with van der Waals surface area (Å²) in [6.45, 7) is 4.90. The highest BCUT2D eigenvalue weighted by Gasteiger charge is 2.31. The van der Waals surface area contributed by atoms with Crippen LogP contribution in [0.25, 0.3) is 0 Å². The number of benzene rings is 1. The maximum Gasteiger partial charge on any atom is 0.225 e. The average molecular weight is 279 g/mol. The van der Waals surface area contributed by atoms with Crippen LogP contribution in [0.2, 0.25) is 0 Å². The van der Waals surface area contributed by atoms with E-state index in [-0.39, 0.29) is 29.7 Å². The monoisotopic (exact) mass is 279 g/mol. The first kappa shape index (κ1) is 15.0. The summed E-state index contributed by atoms with van der Waals surface area (Å²) in [6, 6.07) is 6.58. The number of amides is 1. The van der Waals surface area contributed by atoms with Gasteiger partial charge in [-0.1, -0.05) is 25.1 Å². The van der Waals surface area contributed by atoms with Gasteiger partial charge in [0, 0.05) is 24.9 Å². The molecule has 2 rings (SSSR count). The van der Waals surface area contributed by atoms with E-state index in [1.165, 1.54) is 6.07 Å². The van der Waals surface area contributed by atoms with Crippen LogP contribution in [0.1, 0.15) is 25.8 Å². The maximum atomic E-state index is 13.6. The lowest BCUT2D eigenvalue weighted by Crippen LogP contribution is -2.35. The number of aliphatic hydroxyl groups excluding tert-OH is 1. The molecule has 0 bridgehead atoms. The Bertz CT molecular complexity index is 475. The smallest absolute Gasteiger partial charge is 0.225 e. The summed E-state index contributed by atoms with van der Waals surface area (Å²) in [5.74, 6) is -0.272. The van der Waals surface area contributed by atoms with Crippen molar-refractivity contribution in [2.24, 2.45) is 11.8 Å². The Balaban J connectivity index is 1.95. The first-order valence-corrected chi connectivity index (χ1v) is 7.19. The fraction of sp³-hybridized carbons (Fsp3) is 0.562. The summed E-state index contributed by atoms with van der Waals surface area (Å²) < 4.78 is 13.6. The zero-order valence-corrected chi connectivity index (χ0v) is 12.1. The molecular formula is C16H22FNO2. The lowest BCUT2D eigenvalue weighted by molar-refractivity contribution is -0.134. The van der Waals surface area contributed by atoms with Gasteiger partial charge in [-0.25, -0.2) is 4.39 Å². The molecular weight excluding hydrogens is 257 g/mol. The molecule has 0 aromatic heterocycles. The van der Waals surface area contributed by atoms with Crippen molar-refractivity contribution in [1.82, 2.24) is 4.90 Å². The molecule has 1 fully saturated rings. The molecule has 3 atom stereocenters. The summed E-state index contributed by atoms with van der Waals surface area (Å²) >= 11 is 0. The zero-order valence-electron chi connectivity index (χ0n) is 12.1. The summed E-state index contributed by atoms with van der Waals surface area (Å²) in [4.78, 5) is 14.1. The molecule has 0 aliphatic carbocycles. The van der Waals surface area contributed by atoms with Crippen molar-refractivity contribution >= 4 is 5.91 Å². The first-order valence-electron chi connectivity index (χ1n) is 7.19. The Morgan fingerprint density at radius 1 is 1.45 bits per heavy atom. The molecule has 3 unspecified atom stereocenters. The normalized spacial score (nSPS) is 21.8. The Morgan fingerprint density at radius 2 is 2.15 bits per heavy atom. The summed E-state index contributed by atoms with van der Waals surface area (Å²) in [6.07, 6.45) is 0.881. The van der Waals surface area contributed by atoms with Crippen molar-refractivity contribution in [3.05, 3.63) is 35.6 Å². The van der Waals surface area contributed by atoms with E-state index in [9.17, 15) is 14.3 Å². The number of halogens is 1.